The van der Waals surface area contributed by atoms with Gasteiger partial charge >= 0.3 is 0 Å². The molecule has 1 aromatic carbocycles. The van der Waals surface area contributed by atoms with Gasteiger partial charge in [-0.25, -0.2) is 0 Å². The molecule has 7 nitrogen and oxygen atoms in total. The molecule has 1 fully saturated rings. The van der Waals surface area contributed by atoms with E-state index in [9.17, 15) is 9.59 Å². The summed E-state index contributed by atoms with van der Waals surface area (Å²) >= 11 is 0. The molecule has 0 N–H and O–H groups in total. The normalized spacial score (nSPS) is 19.5. The van der Waals surface area contributed by atoms with Crippen LogP contribution in [-0.4, -0.2) is 86.0 Å². The number of likely N-dealkylation sites (N-methyl/N-ethyl adjacent to an activating group) is 1. The zero-order valence-electron chi connectivity index (χ0n) is 17.1. The van der Waals surface area contributed by atoms with Gasteiger partial charge in [0, 0.05) is 45.3 Å². The van der Waals surface area contributed by atoms with Crippen molar-refractivity contribution in [2.24, 2.45) is 5.92 Å². The molecular formula is C21H31N3O4. The zero-order chi connectivity index (χ0) is 20.1. The van der Waals surface area contributed by atoms with E-state index in [-0.39, 0.29) is 17.7 Å². The summed E-state index contributed by atoms with van der Waals surface area (Å²) in [5.74, 6) is 1.74. The van der Waals surface area contributed by atoms with Crippen molar-refractivity contribution in [3.8, 4) is 11.5 Å². The van der Waals surface area contributed by atoms with E-state index in [1.165, 1.54) is 0 Å². The Bertz CT molecular complexity index is 697. The van der Waals surface area contributed by atoms with Crippen LogP contribution in [0.3, 0.4) is 0 Å². The maximum Gasteiger partial charge on any atom is 0.236 e. The number of carbonyl (C=O) groups excluding carboxylic acids is 2. The summed E-state index contributed by atoms with van der Waals surface area (Å²) in [6.45, 7) is 9.11. The largest absolute Gasteiger partial charge is 0.497 e. The Morgan fingerprint density at radius 2 is 1.89 bits per heavy atom. The van der Waals surface area contributed by atoms with Gasteiger partial charge in [-0.2, -0.15) is 0 Å². The van der Waals surface area contributed by atoms with E-state index < -0.39 is 0 Å². The summed E-state index contributed by atoms with van der Waals surface area (Å²) in [5.41, 5.74) is 1.05. The molecule has 2 amide bonds. The van der Waals surface area contributed by atoms with E-state index in [0.29, 0.717) is 32.7 Å². The Morgan fingerprint density at radius 3 is 2.54 bits per heavy atom. The van der Waals surface area contributed by atoms with Crippen LogP contribution in [0.2, 0.25) is 0 Å². The molecule has 1 saturated heterocycles. The first-order chi connectivity index (χ1) is 13.5. The van der Waals surface area contributed by atoms with E-state index in [0.717, 1.165) is 43.2 Å². The molecule has 28 heavy (non-hydrogen) atoms. The lowest BCUT2D eigenvalue weighted by molar-refractivity contribution is -0.139. The van der Waals surface area contributed by atoms with Gasteiger partial charge < -0.3 is 19.3 Å². The van der Waals surface area contributed by atoms with Gasteiger partial charge in [0.15, 0.2) is 0 Å². The number of fused-ring (bicyclic) bond motifs is 1. The van der Waals surface area contributed by atoms with Gasteiger partial charge in [-0.15, -0.1) is 0 Å². The molecule has 0 radical (unpaired) electrons. The fourth-order valence-corrected chi connectivity index (χ4v) is 3.89. The van der Waals surface area contributed by atoms with Crippen molar-refractivity contribution >= 4 is 11.8 Å². The van der Waals surface area contributed by atoms with Crippen molar-refractivity contribution in [1.82, 2.24) is 14.7 Å². The fraction of sp³-hybridized carbons (Fsp3) is 0.619. The van der Waals surface area contributed by atoms with Gasteiger partial charge in [0.2, 0.25) is 11.8 Å². The van der Waals surface area contributed by atoms with E-state index in [4.69, 9.17) is 9.47 Å². The van der Waals surface area contributed by atoms with Crippen molar-refractivity contribution in [2.75, 3.05) is 59.5 Å². The van der Waals surface area contributed by atoms with E-state index in [1.807, 2.05) is 41.8 Å². The minimum Gasteiger partial charge on any atom is -0.497 e. The lowest BCUT2D eigenvalue weighted by Crippen LogP contribution is -2.53. The number of benzene rings is 1. The Labute approximate surface area is 167 Å². The highest BCUT2D eigenvalue weighted by Crippen LogP contribution is 2.31. The molecule has 2 heterocycles. The predicted molar refractivity (Wildman–Crippen MR) is 107 cm³/mol. The monoisotopic (exact) mass is 389 g/mol. The highest BCUT2D eigenvalue weighted by Gasteiger charge is 2.32. The van der Waals surface area contributed by atoms with E-state index in [2.05, 4.69) is 4.90 Å². The molecule has 7 heteroatoms. The summed E-state index contributed by atoms with van der Waals surface area (Å²) in [5, 5.41) is 0. The second-order valence-electron chi connectivity index (χ2n) is 7.35. The number of ether oxygens (including phenoxy) is 2. The van der Waals surface area contributed by atoms with Crippen molar-refractivity contribution in [3.63, 3.8) is 0 Å². The highest BCUT2D eigenvalue weighted by molar-refractivity contribution is 5.80. The molecule has 0 aromatic heterocycles. The first-order valence-electron chi connectivity index (χ1n) is 10.1. The van der Waals surface area contributed by atoms with Gasteiger partial charge in [0.1, 0.15) is 18.1 Å². The van der Waals surface area contributed by atoms with Crippen LogP contribution >= 0.6 is 0 Å². The van der Waals surface area contributed by atoms with E-state index >= 15 is 0 Å². The quantitative estimate of drug-likeness (QED) is 0.733. The smallest absolute Gasteiger partial charge is 0.236 e. The van der Waals surface area contributed by atoms with Crippen molar-refractivity contribution in [2.45, 2.75) is 20.3 Å². The predicted octanol–water partition coefficient (Wildman–Crippen LogP) is 1.26. The minimum absolute atomic E-state index is 0.148. The van der Waals surface area contributed by atoms with E-state index in [1.54, 1.807) is 7.11 Å². The van der Waals surface area contributed by atoms with Gasteiger partial charge in [-0.3, -0.25) is 14.5 Å². The molecule has 3 rings (SSSR count). The summed E-state index contributed by atoms with van der Waals surface area (Å²) in [4.78, 5) is 31.1. The molecule has 2 aliphatic rings. The Morgan fingerprint density at radius 1 is 1.18 bits per heavy atom. The average Bonchev–Trinajstić information content (AvgIpc) is 2.74. The topological polar surface area (TPSA) is 62.3 Å². The average molecular weight is 389 g/mol. The maximum atomic E-state index is 12.9. The summed E-state index contributed by atoms with van der Waals surface area (Å²) in [7, 11) is 1.63. The number of rotatable bonds is 6. The molecule has 154 valence electrons. The number of hydrogen-bond donors (Lipinski definition) is 0. The summed E-state index contributed by atoms with van der Waals surface area (Å²) < 4.78 is 11.1. The minimum atomic E-state index is -0.148. The third-order valence-corrected chi connectivity index (χ3v) is 5.69. The van der Waals surface area contributed by atoms with Crippen molar-refractivity contribution in [3.05, 3.63) is 23.8 Å². The number of carbonyl (C=O) groups is 2. The van der Waals surface area contributed by atoms with Crippen LogP contribution in [0.4, 0.5) is 0 Å². The molecule has 0 spiro atoms. The first kappa shape index (κ1) is 20.5. The first-order valence-corrected chi connectivity index (χ1v) is 10.1. The third-order valence-electron chi connectivity index (χ3n) is 5.69. The number of amides is 2. The van der Waals surface area contributed by atoms with Gasteiger partial charge in [0.05, 0.1) is 19.6 Å². The number of piperazine rings is 1. The van der Waals surface area contributed by atoms with Gasteiger partial charge in [-0.05, 0) is 31.9 Å². The van der Waals surface area contributed by atoms with Gasteiger partial charge in [-0.1, -0.05) is 6.07 Å². The maximum absolute atomic E-state index is 12.9. The van der Waals surface area contributed by atoms with Crippen LogP contribution in [0.5, 0.6) is 11.5 Å². The SMILES string of the molecule is CCN(CC)C(=O)CN1CCN(C(=O)[C@H]2COc3cc(OC)ccc3C2)CC1. The second-order valence-corrected chi connectivity index (χ2v) is 7.35. The molecule has 1 atom stereocenters. The lowest BCUT2D eigenvalue weighted by atomic mass is 9.95. The number of nitrogens with zero attached hydrogens (tertiary/aromatic N) is 3. The Balaban J connectivity index is 1.51. The molecule has 2 aliphatic heterocycles. The second kappa shape index (κ2) is 9.28. The van der Waals surface area contributed by atoms with Crippen molar-refractivity contribution < 1.29 is 19.1 Å². The fourth-order valence-electron chi connectivity index (χ4n) is 3.89. The molecule has 1 aromatic rings. The zero-order valence-corrected chi connectivity index (χ0v) is 17.1. The highest BCUT2D eigenvalue weighted by atomic mass is 16.5. The third kappa shape index (κ3) is 4.58. The van der Waals surface area contributed by atoms with Crippen LogP contribution in [0.1, 0.15) is 19.4 Å². The van der Waals surface area contributed by atoms with Crippen LogP contribution < -0.4 is 9.47 Å². The van der Waals surface area contributed by atoms with Crippen LogP contribution in [0, 0.1) is 5.92 Å². The number of hydrogen-bond acceptors (Lipinski definition) is 5. The Hall–Kier alpha value is -2.28. The standard InChI is InChI=1S/C21H31N3O4/c1-4-23(5-2)20(25)14-22-8-10-24(11-9-22)21(26)17-12-16-6-7-18(27-3)13-19(16)28-15-17/h6-7,13,17H,4-5,8-12,14-15H2,1-3H3/t17-/m1/s1. The van der Waals surface area contributed by atoms with Gasteiger partial charge in [0.25, 0.3) is 0 Å². The molecule has 0 saturated carbocycles. The van der Waals surface area contributed by atoms with Crippen LogP contribution in [0.25, 0.3) is 0 Å². The van der Waals surface area contributed by atoms with Crippen LogP contribution in [-0.2, 0) is 16.0 Å². The molecule has 0 bridgehead atoms. The summed E-state index contributed by atoms with van der Waals surface area (Å²) in [6.07, 6.45) is 0.693. The lowest BCUT2D eigenvalue weighted by Gasteiger charge is -2.37. The molecular weight excluding hydrogens is 358 g/mol. The Kier molecular flexibility index (Phi) is 6.78. The molecule has 0 aliphatic carbocycles. The summed E-state index contributed by atoms with van der Waals surface area (Å²) in [6, 6.07) is 5.76. The number of methoxy groups -OCH3 is 1. The van der Waals surface area contributed by atoms with Crippen molar-refractivity contribution in [1.29, 1.82) is 0 Å². The van der Waals surface area contributed by atoms with Crippen LogP contribution in [0.15, 0.2) is 18.2 Å². The molecule has 0 unspecified atom stereocenters.